The van der Waals surface area contributed by atoms with Crippen LogP contribution >= 0.6 is 11.6 Å². The number of anilines is 2. The predicted molar refractivity (Wildman–Crippen MR) is 65.3 cm³/mol. The lowest BCUT2D eigenvalue weighted by Crippen LogP contribution is -2.39. The van der Waals surface area contributed by atoms with Crippen LogP contribution in [0.3, 0.4) is 0 Å². The molecule has 0 bridgehead atoms. The Bertz CT molecular complexity index is 394. The maximum absolute atomic E-state index is 11.0. The van der Waals surface area contributed by atoms with E-state index in [2.05, 4.69) is 4.98 Å². The number of nitrogens with zero attached hydrogens (tertiary/aromatic N) is 2. The maximum atomic E-state index is 11.0. The molecule has 5 nitrogen and oxygen atoms in total. The van der Waals surface area contributed by atoms with E-state index in [9.17, 15) is 4.79 Å². The first-order chi connectivity index (χ1) is 7.41. The number of pyridine rings is 1. The van der Waals surface area contributed by atoms with Crippen molar-refractivity contribution >= 4 is 29.0 Å². The molecule has 0 aliphatic carbocycles. The van der Waals surface area contributed by atoms with Crippen molar-refractivity contribution in [3.05, 3.63) is 17.3 Å². The zero-order valence-corrected chi connectivity index (χ0v) is 10.0. The van der Waals surface area contributed by atoms with E-state index in [1.807, 2.05) is 13.8 Å². The van der Waals surface area contributed by atoms with Crippen molar-refractivity contribution in [2.45, 2.75) is 19.9 Å². The van der Waals surface area contributed by atoms with Crippen LogP contribution in [-0.4, -0.2) is 23.5 Å². The van der Waals surface area contributed by atoms with Crippen molar-refractivity contribution in [2.24, 2.45) is 5.73 Å². The summed E-state index contributed by atoms with van der Waals surface area (Å²) in [5, 5.41) is 0.412. The van der Waals surface area contributed by atoms with E-state index in [0.29, 0.717) is 16.5 Å². The summed E-state index contributed by atoms with van der Waals surface area (Å²) in [5.74, 6) is 0.0908. The Hall–Kier alpha value is -1.49. The number of hydrogen-bond acceptors (Lipinski definition) is 4. The molecule has 1 aromatic heterocycles. The number of primary amides is 1. The molecule has 4 N–H and O–H groups in total. The van der Waals surface area contributed by atoms with Crippen LogP contribution in [0.25, 0.3) is 0 Å². The van der Waals surface area contributed by atoms with Gasteiger partial charge < -0.3 is 16.4 Å². The number of aromatic nitrogens is 1. The van der Waals surface area contributed by atoms with E-state index >= 15 is 0 Å². The van der Waals surface area contributed by atoms with E-state index in [1.165, 1.54) is 6.20 Å². The fourth-order valence-corrected chi connectivity index (χ4v) is 1.61. The molecule has 6 heteroatoms. The van der Waals surface area contributed by atoms with Crippen LogP contribution in [0.15, 0.2) is 12.3 Å². The Morgan fingerprint density at radius 2 is 2.25 bits per heavy atom. The first-order valence-corrected chi connectivity index (χ1v) is 5.25. The molecule has 0 aliphatic rings. The summed E-state index contributed by atoms with van der Waals surface area (Å²) in [7, 11) is 0. The number of halogens is 1. The monoisotopic (exact) mass is 242 g/mol. The Labute approximate surface area is 99.4 Å². The van der Waals surface area contributed by atoms with E-state index in [4.69, 9.17) is 23.1 Å². The summed E-state index contributed by atoms with van der Waals surface area (Å²) in [6.45, 7) is 3.93. The first-order valence-electron chi connectivity index (χ1n) is 4.87. The minimum absolute atomic E-state index is 0.0705. The number of nitrogen functional groups attached to an aromatic ring is 1. The zero-order chi connectivity index (χ0) is 12.3. The third-order valence-electron chi connectivity index (χ3n) is 2.06. The third-order valence-corrected chi connectivity index (χ3v) is 2.34. The van der Waals surface area contributed by atoms with Crippen molar-refractivity contribution in [3.63, 3.8) is 0 Å². The van der Waals surface area contributed by atoms with Crippen molar-refractivity contribution in [1.29, 1.82) is 0 Å². The van der Waals surface area contributed by atoms with Crippen LogP contribution in [0.2, 0.25) is 5.02 Å². The number of hydrogen-bond donors (Lipinski definition) is 2. The van der Waals surface area contributed by atoms with Gasteiger partial charge in [-0.25, -0.2) is 4.98 Å². The molecule has 0 aliphatic heterocycles. The summed E-state index contributed by atoms with van der Waals surface area (Å²) in [6, 6.07) is 1.67. The summed E-state index contributed by atoms with van der Waals surface area (Å²) in [5.41, 5.74) is 11.2. The summed E-state index contributed by atoms with van der Waals surface area (Å²) in [4.78, 5) is 16.8. The number of carbonyl (C=O) groups is 1. The largest absolute Gasteiger partial charge is 0.397 e. The Balaban J connectivity index is 3.05. The predicted octanol–water partition coefficient (Wildman–Crippen LogP) is 1.02. The Morgan fingerprint density at radius 1 is 1.62 bits per heavy atom. The molecule has 1 amide bonds. The van der Waals surface area contributed by atoms with Crippen molar-refractivity contribution in [2.75, 3.05) is 17.2 Å². The smallest absolute Gasteiger partial charge is 0.237 e. The highest BCUT2D eigenvalue weighted by Gasteiger charge is 2.17. The van der Waals surface area contributed by atoms with Gasteiger partial charge in [-0.05, 0) is 19.9 Å². The molecule has 0 unspecified atom stereocenters. The van der Waals surface area contributed by atoms with Crippen molar-refractivity contribution < 1.29 is 4.79 Å². The summed E-state index contributed by atoms with van der Waals surface area (Å²) >= 11 is 6.02. The number of rotatable bonds is 4. The molecule has 0 fully saturated rings. The van der Waals surface area contributed by atoms with Gasteiger partial charge in [-0.2, -0.15) is 0 Å². The van der Waals surface area contributed by atoms with Gasteiger partial charge in [0.25, 0.3) is 0 Å². The molecule has 88 valence electrons. The van der Waals surface area contributed by atoms with Crippen LogP contribution in [0, 0.1) is 0 Å². The molecular formula is C10H15ClN4O. The number of amides is 1. The lowest BCUT2D eigenvalue weighted by atomic mass is 10.3. The number of carbonyl (C=O) groups excluding carboxylic acids is 1. The lowest BCUT2D eigenvalue weighted by molar-refractivity contribution is -0.116. The molecule has 0 spiro atoms. The second-order valence-electron chi connectivity index (χ2n) is 3.76. The SMILES string of the molecule is CC(C)N(CC(N)=O)c1ncc(N)cc1Cl. The van der Waals surface area contributed by atoms with Crippen LogP contribution in [0.4, 0.5) is 11.5 Å². The second kappa shape index (κ2) is 5.03. The van der Waals surface area contributed by atoms with Crippen LogP contribution in [-0.2, 0) is 4.79 Å². The highest BCUT2D eigenvalue weighted by Crippen LogP contribution is 2.26. The van der Waals surface area contributed by atoms with Gasteiger partial charge >= 0.3 is 0 Å². The fourth-order valence-electron chi connectivity index (χ4n) is 1.33. The van der Waals surface area contributed by atoms with Gasteiger partial charge in [0.05, 0.1) is 23.5 Å². The van der Waals surface area contributed by atoms with Gasteiger partial charge in [0.2, 0.25) is 5.91 Å². The van der Waals surface area contributed by atoms with Crippen LogP contribution in [0.1, 0.15) is 13.8 Å². The Morgan fingerprint density at radius 3 is 2.69 bits per heavy atom. The average molecular weight is 243 g/mol. The van der Waals surface area contributed by atoms with Gasteiger partial charge in [-0.3, -0.25) is 4.79 Å². The molecule has 0 saturated heterocycles. The highest BCUT2D eigenvalue weighted by molar-refractivity contribution is 6.33. The molecular weight excluding hydrogens is 228 g/mol. The molecule has 0 atom stereocenters. The topological polar surface area (TPSA) is 85.2 Å². The number of nitrogens with two attached hydrogens (primary N) is 2. The lowest BCUT2D eigenvalue weighted by Gasteiger charge is -2.27. The van der Waals surface area contributed by atoms with E-state index in [-0.39, 0.29) is 12.6 Å². The maximum Gasteiger partial charge on any atom is 0.237 e. The molecule has 1 heterocycles. The van der Waals surface area contributed by atoms with Gasteiger partial charge in [-0.1, -0.05) is 11.6 Å². The van der Waals surface area contributed by atoms with Gasteiger partial charge in [0.1, 0.15) is 5.82 Å². The Kier molecular flexibility index (Phi) is 3.95. The van der Waals surface area contributed by atoms with Gasteiger partial charge in [-0.15, -0.1) is 0 Å². The molecule has 0 radical (unpaired) electrons. The zero-order valence-electron chi connectivity index (χ0n) is 9.27. The average Bonchev–Trinajstić information content (AvgIpc) is 2.14. The van der Waals surface area contributed by atoms with Gasteiger partial charge in [0, 0.05) is 6.04 Å². The molecule has 16 heavy (non-hydrogen) atoms. The first kappa shape index (κ1) is 12.6. The molecule has 1 rings (SSSR count). The molecule has 0 saturated carbocycles. The second-order valence-corrected chi connectivity index (χ2v) is 4.17. The minimum atomic E-state index is -0.427. The normalized spacial score (nSPS) is 10.5. The minimum Gasteiger partial charge on any atom is -0.397 e. The van der Waals surface area contributed by atoms with Crippen molar-refractivity contribution in [3.8, 4) is 0 Å². The van der Waals surface area contributed by atoms with E-state index in [0.717, 1.165) is 0 Å². The van der Waals surface area contributed by atoms with E-state index < -0.39 is 5.91 Å². The molecule has 1 aromatic rings. The van der Waals surface area contributed by atoms with Crippen LogP contribution in [0.5, 0.6) is 0 Å². The molecule has 0 aromatic carbocycles. The standard InChI is InChI=1S/C10H15ClN4O/c1-6(2)15(5-9(13)16)10-8(11)3-7(12)4-14-10/h3-4,6H,5,12H2,1-2H3,(H2,13,16). The van der Waals surface area contributed by atoms with Crippen molar-refractivity contribution in [1.82, 2.24) is 4.98 Å². The van der Waals surface area contributed by atoms with Gasteiger partial charge in [0.15, 0.2) is 0 Å². The fraction of sp³-hybridized carbons (Fsp3) is 0.400. The highest BCUT2D eigenvalue weighted by atomic mass is 35.5. The van der Waals surface area contributed by atoms with E-state index in [1.54, 1.807) is 11.0 Å². The summed E-state index contributed by atoms with van der Waals surface area (Å²) in [6.07, 6.45) is 1.50. The summed E-state index contributed by atoms with van der Waals surface area (Å²) < 4.78 is 0. The third kappa shape index (κ3) is 3.00. The quantitative estimate of drug-likeness (QED) is 0.826. The van der Waals surface area contributed by atoms with Crippen LogP contribution < -0.4 is 16.4 Å².